The van der Waals surface area contributed by atoms with Gasteiger partial charge in [0.25, 0.3) is 5.69 Å². The van der Waals surface area contributed by atoms with Crippen molar-refractivity contribution in [1.82, 2.24) is 5.16 Å². The van der Waals surface area contributed by atoms with Crippen LogP contribution in [0.25, 0.3) is 11.3 Å². The summed E-state index contributed by atoms with van der Waals surface area (Å²) in [5, 5.41) is 14.5. The van der Waals surface area contributed by atoms with E-state index < -0.39 is 10.9 Å². The van der Waals surface area contributed by atoms with Gasteiger partial charge < -0.3 is 9.26 Å². The predicted octanol–water partition coefficient (Wildman–Crippen LogP) is 3.61. The van der Waals surface area contributed by atoms with Gasteiger partial charge in [0.1, 0.15) is 5.69 Å². The Labute approximate surface area is 136 Å². The quantitative estimate of drug-likeness (QED) is 0.404. The van der Waals surface area contributed by atoms with E-state index >= 15 is 0 Å². The molecule has 7 heteroatoms. The highest BCUT2D eigenvalue weighted by molar-refractivity contribution is 5.89. The lowest BCUT2D eigenvalue weighted by Gasteiger charge is -2.01. The van der Waals surface area contributed by atoms with E-state index in [1.807, 2.05) is 6.07 Å². The zero-order valence-electron chi connectivity index (χ0n) is 12.4. The Morgan fingerprint density at radius 1 is 1.12 bits per heavy atom. The number of carbonyl (C=O) groups is 1. The van der Waals surface area contributed by atoms with Gasteiger partial charge in [-0.3, -0.25) is 10.1 Å². The highest BCUT2D eigenvalue weighted by Crippen LogP contribution is 2.22. The van der Waals surface area contributed by atoms with E-state index in [1.54, 1.807) is 42.5 Å². The van der Waals surface area contributed by atoms with Crippen LogP contribution >= 0.6 is 0 Å². The normalized spacial score (nSPS) is 10.3. The highest BCUT2D eigenvalue weighted by atomic mass is 16.6. The van der Waals surface area contributed by atoms with Crippen molar-refractivity contribution in [3.8, 4) is 11.3 Å². The van der Waals surface area contributed by atoms with Gasteiger partial charge in [0.05, 0.1) is 10.5 Å². The number of nitrogens with zero attached hydrogens (tertiary/aromatic N) is 2. The number of rotatable bonds is 5. The minimum absolute atomic E-state index is 0.000686. The first-order valence-corrected chi connectivity index (χ1v) is 7.06. The number of ether oxygens (including phenoxy) is 1. The monoisotopic (exact) mass is 324 g/mol. The second-order valence-electron chi connectivity index (χ2n) is 4.92. The summed E-state index contributed by atoms with van der Waals surface area (Å²) in [4.78, 5) is 22.0. The lowest BCUT2D eigenvalue weighted by Crippen LogP contribution is -2.04. The molecule has 0 saturated carbocycles. The minimum Gasteiger partial charge on any atom is -0.454 e. The molecule has 3 rings (SSSR count). The van der Waals surface area contributed by atoms with Gasteiger partial charge in [0.2, 0.25) is 0 Å². The Bertz CT molecular complexity index is 856. The fraction of sp³-hybridized carbons (Fsp3) is 0.0588. The summed E-state index contributed by atoms with van der Waals surface area (Å²) in [5.41, 5.74) is 1.63. The van der Waals surface area contributed by atoms with Gasteiger partial charge >= 0.3 is 5.97 Å². The highest BCUT2D eigenvalue weighted by Gasteiger charge is 2.12. The number of non-ortho nitro benzene ring substituents is 1. The van der Waals surface area contributed by atoms with Crippen LogP contribution in [0.5, 0.6) is 0 Å². The Morgan fingerprint density at radius 3 is 2.50 bits per heavy atom. The van der Waals surface area contributed by atoms with E-state index in [2.05, 4.69) is 5.16 Å². The molecule has 0 aliphatic carbocycles. The van der Waals surface area contributed by atoms with Crippen molar-refractivity contribution in [2.45, 2.75) is 6.61 Å². The molecular weight excluding hydrogens is 312 g/mol. The van der Waals surface area contributed by atoms with Crippen LogP contribution < -0.4 is 0 Å². The van der Waals surface area contributed by atoms with E-state index in [-0.39, 0.29) is 12.3 Å². The van der Waals surface area contributed by atoms with Crippen molar-refractivity contribution in [2.24, 2.45) is 0 Å². The molecule has 120 valence electrons. The molecule has 0 fully saturated rings. The van der Waals surface area contributed by atoms with Crippen molar-refractivity contribution < 1.29 is 19.0 Å². The van der Waals surface area contributed by atoms with E-state index in [1.165, 1.54) is 12.1 Å². The van der Waals surface area contributed by atoms with Crippen LogP contribution in [0.4, 0.5) is 5.69 Å². The van der Waals surface area contributed by atoms with E-state index in [9.17, 15) is 14.9 Å². The number of esters is 1. The zero-order chi connectivity index (χ0) is 16.9. The molecule has 0 aliphatic heterocycles. The summed E-state index contributed by atoms with van der Waals surface area (Å²) < 4.78 is 10.3. The Kier molecular flexibility index (Phi) is 4.33. The molecule has 2 aromatic carbocycles. The first kappa shape index (κ1) is 15.4. The van der Waals surface area contributed by atoms with Gasteiger partial charge in [-0.05, 0) is 24.3 Å². The summed E-state index contributed by atoms with van der Waals surface area (Å²) in [7, 11) is 0. The summed E-state index contributed by atoms with van der Waals surface area (Å²) in [5.74, 6) is -0.0727. The van der Waals surface area contributed by atoms with Gasteiger partial charge in [-0.1, -0.05) is 23.4 Å². The number of nitro groups is 1. The van der Waals surface area contributed by atoms with Crippen LogP contribution in [0.3, 0.4) is 0 Å². The Balaban J connectivity index is 1.65. The molecule has 24 heavy (non-hydrogen) atoms. The van der Waals surface area contributed by atoms with Gasteiger partial charge in [-0.25, -0.2) is 4.79 Å². The van der Waals surface area contributed by atoms with Gasteiger partial charge in [-0.2, -0.15) is 0 Å². The van der Waals surface area contributed by atoms with Gasteiger partial charge in [-0.15, -0.1) is 0 Å². The summed E-state index contributed by atoms with van der Waals surface area (Å²) in [6.07, 6.45) is 0. The lowest BCUT2D eigenvalue weighted by molar-refractivity contribution is -0.384. The van der Waals surface area contributed by atoms with Crippen LogP contribution in [0.15, 0.2) is 65.2 Å². The fourth-order valence-corrected chi connectivity index (χ4v) is 2.07. The number of aromatic nitrogens is 1. The SMILES string of the molecule is O=C(OCc1cc(-c2ccc([N+](=O)[O-])cc2)no1)c1ccccc1. The molecule has 3 aromatic rings. The van der Waals surface area contributed by atoms with Gasteiger partial charge in [0.15, 0.2) is 12.4 Å². The second kappa shape index (κ2) is 6.74. The third-order valence-corrected chi connectivity index (χ3v) is 3.29. The predicted molar refractivity (Wildman–Crippen MR) is 84.2 cm³/mol. The van der Waals surface area contributed by atoms with E-state index in [4.69, 9.17) is 9.26 Å². The number of carbonyl (C=O) groups excluding carboxylic acids is 1. The molecule has 0 aliphatic rings. The first-order chi connectivity index (χ1) is 11.6. The standard InChI is InChI=1S/C17H12N2O5/c20-17(13-4-2-1-3-5-13)23-11-15-10-16(18-24-15)12-6-8-14(9-7-12)19(21)22/h1-10H,11H2. The van der Waals surface area contributed by atoms with Crippen molar-refractivity contribution in [3.63, 3.8) is 0 Å². The van der Waals surface area contributed by atoms with Crippen molar-refractivity contribution in [1.29, 1.82) is 0 Å². The van der Waals surface area contributed by atoms with Crippen molar-refractivity contribution >= 4 is 11.7 Å². The zero-order valence-corrected chi connectivity index (χ0v) is 12.4. The summed E-state index contributed by atoms with van der Waals surface area (Å²) >= 11 is 0. The average Bonchev–Trinajstić information content (AvgIpc) is 3.09. The maximum absolute atomic E-state index is 11.8. The molecule has 0 bridgehead atoms. The third kappa shape index (κ3) is 3.46. The van der Waals surface area contributed by atoms with Crippen LogP contribution in [0.2, 0.25) is 0 Å². The van der Waals surface area contributed by atoms with Crippen LogP contribution in [-0.4, -0.2) is 16.0 Å². The largest absolute Gasteiger partial charge is 0.454 e. The lowest BCUT2D eigenvalue weighted by atomic mass is 10.1. The molecule has 0 N–H and O–H groups in total. The molecule has 7 nitrogen and oxygen atoms in total. The summed E-state index contributed by atoms with van der Waals surface area (Å²) in [6, 6.07) is 16.2. The average molecular weight is 324 g/mol. The molecule has 0 spiro atoms. The molecule has 0 saturated heterocycles. The molecule has 0 radical (unpaired) electrons. The first-order valence-electron chi connectivity index (χ1n) is 7.06. The van der Waals surface area contributed by atoms with Crippen molar-refractivity contribution in [2.75, 3.05) is 0 Å². The maximum atomic E-state index is 11.8. The molecule has 0 atom stereocenters. The maximum Gasteiger partial charge on any atom is 0.338 e. The molecule has 0 unspecified atom stereocenters. The third-order valence-electron chi connectivity index (χ3n) is 3.29. The molecule has 1 heterocycles. The van der Waals surface area contributed by atoms with Crippen molar-refractivity contribution in [3.05, 3.63) is 82.1 Å². The fourth-order valence-electron chi connectivity index (χ4n) is 2.07. The molecule has 1 aromatic heterocycles. The van der Waals surface area contributed by atoms with Gasteiger partial charge in [0, 0.05) is 23.8 Å². The van der Waals surface area contributed by atoms with E-state index in [0.717, 1.165) is 0 Å². The topological polar surface area (TPSA) is 95.5 Å². The number of hydrogen-bond donors (Lipinski definition) is 0. The van der Waals surface area contributed by atoms with Crippen LogP contribution in [0, 0.1) is 10.1 Å². The Hall–Kier alpha value is -3.48. The second-order valence-corrected chi connectivity index (χ2v) is 4.92. The Morgan fingerprint density at radius 2 is 1.83 bits per heavy atom. The smallest absolute Gasteiger partial charge is 0.338 e. The number of benzene rings is 2. The minimum atomic E-state index is -0.471. The molecule has 0 amide bonds. The van der Waals surface area contributed by atoms with Crippen LogP contribution in [-0.2, 0) is 11.3 Å². The summed E-state index contributed by atoms with van der Waals surface area (Å²) in [6.45, 7) is -0.0479. The van der Waals surface area contributed by atoms with Crippen LogP contribution in [0.1, 0.15) is 16.1 Å². The molecular formula is C17H12N2O5. The number of hydrogen-bond acceptors (Lipinski definition) is 6. The van der Waals surface area contributed by atoms with E-state index in [0.29, 0.717) is 22.6 Å². The number of nitro benzene ring substituents is 1.